The van der Waals surface area contributed by atoms with Gasteiger partial charge in [0, 0.05) is 35.3 Å². The molecule has 1 aromatic carbocycles. The highest BCUT2D eigenvalue weighted by molar-refractivity contribution is 7.90. The van der Waals surface area contributed by atoms with Crippen LogP contribution in [0.1, 0.15) is 0 Å². The Morgan fingerprint density at radius 3 is 2.19 bits per heavy atom. The summed E-state index contributed by atoms with van der Waals surface area (Å²) in [6.07, 6.45) is 4.79. The first-order chi connectivity index (χ1) is 10.1. The number of hydrogen-bond donors (Lipinski definition) is 0. The number of aromatic nitrogens is 1. The largest absolute Gasteiger partial charge is 0.264 e. The van der Waals surface area contributed by atoms with Crippen LogP contribution in [0.15, 0.2) is 64.4 Å². The van der Waals surface area contributed by atoms with Gasteiger partial charge in [-0.25, -0.2) is 8.42 Å². The van der Waals surface area contributed by atoms with Gasteiger partial charge in [0.05, 0.1) is 4.90 Å². The van der Waals surface area contributed by atoms with Crippen LogP contribution in [0.5, 0.6) is 0 Å². The van der Waals surface area contributed by atoms with Gasteiger partial charge in [-0.05, 0) is 34.5 Å². The van der Waals surface area contributed by atoms with Gasteiger partial charge in [-0.2, -0.15) is 11.3 Å². The summed E-state index contributed by atoms with van der Waals surface area (Å²) in [5.41, 5.74) is 4.26. The second kappa shape index (κ2) is 5.42. The van der Waals surface area contributed by atoms with Crippen molar-refractivity contribution in [3.63, 3.8) is 0 Å². The molecular formula is C16H13NO2S2. The quantitative estimate of drug-likeness (QED) is 0.737. The van der Waals surface area contributed by atoms with E-state index in [4.69, 9.17) is 0 Å². The van der Waals surface area contributed by atoms with Crippen LogP contribution in [0.3, 0.4) is 0 Å². The molecule has 0 aliphatic rings. The molecule has 0 aliphatic heterocycles. The monoisotopic (exact) mass is 315 g/mol. The maximum absolute atomic E-state index is 11.5. The molecule has 3 nitrogen and oxygen atoms in total. The molecule has 5 heteroatoms. The van der Waals surface area contributed by atoms with Crippen molar-refractivity contribution in [2.75, 3.05) is 6.26 Å². The van der Waals surface area contributed by atoms with Crippen LogP contribution in [-0.4, -0.2) is 19.7 Å². The number of nitrogens with zero attached hydrogens (tertiary/aromatic N) is 1. The van der Waals surface area contributed by atoms with Crippen molar-refractivity contribution in [3.8, 4) is 22.3 Å². The van der Waals surface area contributed by atoms with E-state index in [2.05, 4.69) is 15.7 Å². The lowest BCUT2D eigenvalue weighted by molar-refractivity contribution is 0.602. The molecule has 3 rings (SSSR count). The van der Waals surface area contributed by atoms with Crippen LogP contribution in [0.2, 0.25) is 0 Å². The van der Waals surface area contributed by atoms with E-state index in [9.17, 15) is 8.42 Å². The number of benzene rings is 1. The van der Waals surface area contributed by atoms with Gasteiger partial charge in [0.1, 0.15) is 0 Å². The lowest BCUT2D eigenvalue weighted by Gasteiger charge is -2.05. The van der Waals surface area contributed by atoms with Crippen LogP contribution in [-0.2, 0) is 9.84 Å². The fourth-order valence-corrected chi connectivity index (χ4v) is 3.64. The predicted octanol–water partition coefficient (Wildman–Crippen LogP) is 3.88. The van der Waals surface area contributed by atoms with Gasteiger partial charge in [-0.1, -0.05) is 18.2 Å². The molecule has 21 heavy (non-hydrogen) atoms. The van der Waals surface area contributed by atoms with E-state index in [0.717, 1.165) is 22.3 Å². The number of pyridine rings is 1. The Labute approximate surface area is 127 Å². The molecule has 0 N–H and O–H groups in total. The second-order valence-electron chi connectivity index (χ2n) is 4.74. The smallest absolute Gasteiger partial charge is 0.175 e. The van der Waals surface area contributed by atoms with Gasteiger partial charge in [0.15, 0.2) is 9.84 Å². The van der Waals surface area contributed by atoms with Gasteiger partial charge < -0.3 is 0 Å². The highest BCUT2D eigenvalue weighted by Crippen LogP contribution is 2.35. The average Bonchev–Trinajstić information content (AvgIpc) is 2.97. The van der Waals surface area contributed by atoms with Crippen molar-refractivity contribution in [2.24, 2.45) is 0 Å². The minimum atomic E-state index is -3.16. The summed E-state index contributed by atoms with van der Waals surface area (Å²) < 4.78 is 23.0. The number of sulfone groups is 1. The molecule has 0 aliphatic carbocycles. The van der Waals surface area contributed by atoms with Crippen LogP contribution in [0, 0.1) is 0 Å². The van der Waals surface area contributed by atoms with E-state index in [1.807, 2.05) is 30.5 Å². The van der Waals surface area contributed by atoms with Crippen LogP contribution in [0.4, 0.5) is 0 Å². The number of thiophene rings is 1. The highest BCUT2D eigenvalue weighted by Gasteiger charge is 2.11. The summed E-state index contributed by atoms with van der Waals surface area (Å²) in [4.78, 5) is 4.48. The summed E-state index contributed by atoms with van der Waals surface area (Å²) in [6, 6.07) is 10.9. The average molecular weight is 315 g/mol. The standard InChI is InChI=1S/C16H13NO2S2/c1-21(18,19)14-6-4-12(5-7-14)15-10-20-11-16(15)13-3-2-8-17-9-13/h2-11H,1H3. The Morgan fingerprint density at radius 2 is 1.62 bits per heavy atom. The van der Waals surface area contributed by atoms with Crippen molar-refractivity contribution in [3.05, 3.63) is 59.6 Å². The van der Waals surface area contributed by atoms with E-state index in [0.29, 0.717) is 4.90 Å². The predicted molar refractivity (Wildman–Crippen MR) is 86.1 cm³/mol. The lowest BCUT2D eigenvalue weighted by Crippen LogP contribution is -1.96. The molecule has 0 unspecified atom stereocenters. The van der Waals surface area contributed by atoms with Crippen molar-refractivity contribution in [2.45, 2.75) is 4.90 Å². The van der Waals surface area contributed by atoms with Gasteiger partial charge in [-0.3, -0.25) is 4.98 Å². The van der Waals surface area contributed by atoms with Crippen molar-refractivity contribution in [1.29, 1.82) is 0 Å². The fourth-order valence-electron chi connectivity index (χ4n) is 2.15. The zero-order valence-corrected chi connectivity index (χ0v) is 13.0. The first-order valence-corrected chi connectivity index (χ1v) is 9.16. The van der Waals surface area contributed by atoms with E-state index in [-0.39, 0.29) is 0 Å². The van der Waals surface area contributed by atoms with Crippen molar-refractivity contribution in [1.82, 2.24) is 4.98 Å². The summed E-state index contributed by atoms with van der Waals surface area (Å²) in [6.45, 7) is 0. The van der Waals surface area contributed by atoms with Gasteiger partial charge in [-0.15, -0.1) is 0 Å². The van der Waals surface area contributed by atoms with Gasteiger partial charge >= 0.3 is 0 Å². The van der Waals surface area contributed by atoms with E-state index in [1.165, 1.54) is 6.26 Å². The second-order valence-corrected chi connectivity index (χ2v) is 7.50. The van der Waals surface area contributed by atoms with E-state index < -0.39 is 9.84 Å². The Kier molecular flexibility index (Phi) is 3.61. The number of hydrogen-bond acceptors (Lipinski definition) is 4. The van der Waals surface area contributed by atoms with Crippen LogP contribution < -0.4 is 0 Å². The minimum Gasteiger partial charge on any atom is -0.264 e. The molecule has 0 bridgehead atoms. The van der Waals surface area contributed by atoms with Crippen LogP contribution in [0.25, 0.3) is 22.3 Å². The normalized spacial score (nSPS) is 11.5. The van der Waals surface area contributed by atoms with E-state index in [1.54, 1.807) is 29.7 Å². The third kappa shape index (κ3) is 2.89. The first-order valence-electron chi connectivity index (χ1n) is 6.33. The lowest BCUT2D eigenvalue weighted by atomic mass is 10.0. The Balaban J connectivity index is 2.05. The topological polar surface area (TPSA) is 47.0 Å². The van der Waals surface area contributed by atoms with Crippen molar-refractivity contribution >= 4 is 21.2 Å². The Bertz CT molecular complexity index is 851. The van der Waals surface area contributed by atoms with E-state index >= 15 is 0 Å². The molecular weight excluding hydrogens is 302 g/mol. The maximum atomic E-state index is 11.5. The molecule has 0 atom stereocenters. The molecule has 0 saturated carbocycles. The summed E-state index contributed by atoms with van der Waals surface area (Å²) in [5.74, 6) is 0. The maximum Gasteiger partial charge on any atom is 0.175 e. The van der Waals surface area contributed by atoms with Gasteiger partial charge in [0.2, 0.25) is 0 Å². The SMILES string of the molecule is CS(=O)(=O)c1ccc(-c2cscc2-c2cccnc2)cc1. The molecule has 2 aromatic heterocycles. The molecule has 106 valence electrons. The third-order valence-corrected chi connectivity index (χ3v) is 5.10. The summed E-state index contributed by atoms with van der Waals surface area (Å²) in [5, 5.41) is 4.15. The summed E-state index contributed by atoms with van der Waals surface area (Å²) in [7, 11) is -3.16. The zero-order valence-electron chi connectivity index (χ0n) is 11.4. The molecule has 2 heterocycles. The fraction of sp³-hybridized carbons (Fsp3) is 0.0625. The molecule has 0 fully saturated rings. The first kappa shape index (κ1) is 14.0. The van der Waals surface area contributed by atoms with Crippen LogP contribution >= 0.6 is 11.3 Å². The number of rotatable bonds is 3. The molecule has 0 spiro atoms. The Hall–Kier alpha value is -1.98. The Morgan fingerprint density at radius 1 is 0.952 bits per heavy atom. The molecule has 0 radical (unpaired) electrons. The molecule has 0 saturated heterocycles. The summed E-state index contributed by atoms with van der Waals surface area (Å²) >= 11 is 1.62. The van der Waals surface area contributed by atoms with Gasteiger partial charge in [0.25, 0.3) is 0 Å². The molecule has 3 aromatic rings. The highest BCUT2D eigenvalue weighted by atomic mass is 32.2. The van der Waals surface area contributed by atoms with Crippen molar-refractivity contribution < 1.29 is 8.42 Å². The third-order valence-electron chi connectivity index (χ3n) is 3.23. The minimum absolute atomic E-state index is 0.337. The molecule has 0 amide bonds. The zero-order chi connectivity index (χ0) is 14.9.